The number of benzene rings is 1. The molecule has 0 aliphatic heterocycles. The van der Waals surface area contributed by atoms with Crippen LogP contribution in [0.2, 0.25) is 0 Å². The Hall–Kier alpha value is -2.40. The van der Waals surface area contributed by atoms with Crippen molar-refractivity contribution in [2.75, 3.05) is 14.1 Å². The van der Waals surface area contributed by atoms with Gasteiger partial charge in [-0.05, 0) is 12.1 Å². The highest BCUT2D eigenvalue weighted by Gasteiger charge is 2.22. The van der Waals surface area contributed by atoms with Gasteiger partial charge in [0.05, 0.1) is 17.6 Å². The van der Waals surface area contributed by atoms with E-state index in [0.29, 0.717) is 11.3 Å². The van der Waals surface area contributed by atoms with Gasteiger partial charge in [0.25, 0.3) is 0 Å². The van der Waals surface area contributed by atoms with Crippen molar-refractivity contribution in [3.05, 3.63) is 59.4 Å². The van der Waals surface area contributed by atoms with E-state index in [1.54, 1.807) is 53.2 Å². The summed E-state index contributed by atoms with van der Waals surface area (Å²) in [6.45, 7) is 0. The third-order valence-corrected chi connectivity index (χ3v) is 3.21. The summed E-state index contributed by atoms with van der Waals surface area (Å²) in [5, 5.41) is 16.1. The lowest BCUT2D eigenvalue weighted by molar-refractivity contribution is 0.0734. The van der Waals surface area contributed by atoms with Crippen molar-refractivity contribution < 1.29 is 9.90 Å². The quantitative estimate of drug-likeness (QED) is 0.518. The Balaban J connectivity index is 2.24. The lowest BCUT2D eigenvalue weighted by atomic mass is 10.0. The molecule has 5 heteroatoms. The Morgan fingerprint density at radius 3 is 2.52 bits per heavy atom. The van der Waals surface area contributed by atoms with Crippen molar-refractivity contribution >= 4 is 12.0 Å². The third kappa shape index (κ3) is 3.38. The Morgan fingerprint density at radius 2 is 1.90 bits per heavy atom. The molecule has 0 saturated carbocycles. The molecule has 0 saturated heterocycles. The largest absolute Gasteiger partial charge is 0.379 e. The SMILES string of the molecule is CN(C)N=Cc1ccc(C(O)C(=O)c2ccccc2)n1C. The van der Waals surface area contributed by atoms with E-state index in [-0.39, 0.29) is 5.78 Å². The van der Waals surface area contributed by atoms with Crippen molar-refractivity contribution in [3.63, 3.8) is 0 Å². The Kier molecular flexibility index (Phi) is 4.55. The van der Waals surface area contributed by atoms with Crippen molar-refractivity contribution in [3.8, 4) is 0 Å². The van der Waals surface area contributed by atoms with Crippen molar-refractivity contribution in [2.24, 2.45) is 12.1 Å². The normalized spacial score (nSPS) is 12.6. The number of aromatic nitrogens is 1. The van der Waals surface area contributed by atoms with Crippen molar-refractivity contribution in [2.45, 2.75) is 6.10 Å². The van der Waals surface area contributed by atoms with Gasteiger partial charge in [-0.25, -0.2) is 0 Å². The summed E-state index contributed by atoms with van der Waals surface area (Å²) in [6.07, 6.45) is 0.502. The molecule has 1 aromatic carbocycles. The summed E-state index contributed by atoms with van der Waals surface area (Å²) in [5.74, 6) is -0.312. The van der Waals surface area contributed by atoms with E-state index in [1.165, 1.54) is 0 Å². The predicted molar refractivity (Wildman–Crippen MR) is 82.4 cm³/mol. The molecule has 0 fully saturated rings. The maximum atomic E-state index is 12.3. The third-order valence-electron chi connectivity index (χ3n) is 3.21. The van der Waals surface area contributed by atoms with Gasteiger partial charge in [-0.3, -0.25) is 4.79 Å². The number of carbonyl (C=O) groups excluding carboxylic acids is 1. The van der Waals surface area contributed by atoms with E-state index in [4.69, 9.17) is 0 Å². The van der Waals surface area contributed by atoms with E-state index in [9.17, 15) is 9.90 Å². The Labute approximate surface area is 124 Å². The minimum Gasteiger partial charge on any atom is -0.379 e. The first-order valence-electron chi connectivity index (χ1n) is 6.65. The second kappa shape index (κ2) is 6.37. The van der Waals surface area contributed by atoms with Crippen LogP contribution >= 0.6 is 0 Å². The first-order chi connectivity index (χ1) is 10.0. The molecule has 1 unspecified atom stereocenters. The van der Waals surface area contributed by atoms with Crippen LogP contribution in [-0.4, -0.2) is 40.8 Å². The van der Waals surface area contributed by atoms with Crippen LogP contribution in [0.5, 0.6) is 0 Å². The maximum Gasteiger partial charge on any atom is 0.197 e. The van der Waals surface area contributed by atoms with Gasteiger partial charge in [0.1, 0.15) is 0 Å². The molecular weight excluding hydrogens is 266 g/mol. The lowest BCUT2D eigenvalue weighted by Crippen LogP contribution is -2.16. The standard InChI is InChI=1S/C16H19N3O2/c1-18(2)17-11-13-9-10-14(19(13)3)16(21)15(20)12-7-5-4-6-8-12/h4-11,16,21H,1-3H3. The first kappa shape index (κ1) is 15.0. The molecule has 2 rings (SSSR count). The van der Waals surface area contributed by atoms with E-state index in [1.807, 2.05) is 26.2 Å². The Bertz CT molecular complexity index is 645. The zero-order chi connectivity index (χ0) is 15.4. The summed E-state index contributed by atoms with van der Waals surface area (Å²) in [5.41, 5.74) is 1.86. The number of hydrogen-bond donors (Lipinski definition) is 1. The van der Waals surface area contributed by atoms with E-state index < -0.39 is 6.10 Å². The fourth-order valence-electron chi connectivity index (χ4n) is 2.02. The second-order valence-corrected chi connectivity index (χ2v) is 4.97. The zero-order valence-corrected chi connectivity index (χ0v) is 12.4. The van der Waals surface area contributed by atoms with Gasteiger partial charge in [-0.15, -0.1) is 0 Å². The number of hydrogen-bond acceptors (Lipinski definition) is 4. The molecule has 1 N–H and O–H groups in total. The smallest absolute Gasteiger partial charge is 0.197 e. The predicted octanol–water partition coefficient (Wildman–Crippen LogP) is 1.84. The molecule has 0 aliphatic carbocycles. The minimum atomic E-state index is -1.18. The van der Waals surface area contributed by atoms with Gasteiger partial charge < -0.3 is 14.7 Å². The minimum absolute atomic E-state index is 0.312. The summed E-state index contributed by atoms with van der Waals surface area (Å²) < 4.78 is 1.76. The molecular formula is C16H19N3O2. The monoisotopic (exact) mass is 285 g/mol. The number of rotatable bonds is 5. The van der Waals surface area contributed by atoms with Crippen LogP contribution < -0.4 is 0 Å². The molecule has 1 aromatic heterocycles. The van der Waals surface area contributed by atoms with Gasteiger partial charge in [0.2, 0.25) is 0 Å². The topological polar surface area (TPSA) is 57.8 Å². The summed E-state index contributed by atoms with van der Waals surface area (Å²) in [6, 6.07) is 12.3. The number of aliphatic hydroxyl groups excluding tert-OH is 1. The van der Waals surface area contributed by atoms with Crippen molar-refractivity contribution in [1.82, 2.24) is 9.58 Å². The van der Waals surface area contributed by atoms with Crippen molar-refractivity contribution in [1.29, 1.82) is 0 Å². The first-order valence-corrected chi connectivity index (χ1v) is 6.65. The molecule has 0 bridgehead atoms. The highest BCUT2D eigenvalue weighted by atomic mass is 16.3. The molecule has 2 aromatic rings. The van der Waals surface area contributed by atoms with Gasteiger partial charge >= 0.3 is 0 Å². The number of nitrogens with zero attached hydrogens (tertiary/aromatic N) is 3. The van der Waals surface area contributed by atoms with E-state index in [2.05, 4.69) is 5.10 Å². The lowest BCUT2D eigenvalue weighted by Gasteiger charge is -2.12. The maximum absolute atomic E-state index is 12.3. The number of aliphatic hydroxyl groups is 1. The highest BCUT2D eigenvalue weighted by Crippen LogP contribution is 2.20. The molecule has 5 nitrogen and oxygen atoms in total. The second-order valence-electron chi connectivity index (χ2n) is 4.97. The molecule has 0 spiro atoms. The van der Waals surface area contributed by atoms with Crippen LogP contribution in [0.1, 0.15) is 27.8 Å². The highest BCUT2D eigenvalue weighted by molar-refractivity contribution is 5.99. The van der Waals surface area contributed by atoms with E-state index >= 15 is 0 Å². The number of ketones is 1. The van der Waals surface area contributed by atoms with Crippen LogP contribution in [0.4, 0.5) is 0 Å². The fraction of sp³-hybridized carbons (Fsp3) is 0.250. The van der Waals surface area contributed by atoms with Crippen LogP contribution in [0.15, 0.2) is 47.6 Å². The van der Waals surface area contributed by atoms with Crippen LogP contribution in [0.25, 0.3) is 0 Å². The molecule has 21 heavy (non-hydrogen) atoms. The zero-order valence-electron chi connectivity index (χ0n) is 12.4. The number of hydrazone groups is 1. The summed E-state index contributed by atoms with van der Waals surface area (Å²) in [7, 11) is 5.45. The fourth-order valence-corrected chi connectivity index (χ4v) is 2.02. The average molecular weight is 285 g/mol. The molecule has 0 aliphatic rings. The summed E-state index contributed by atoms with van der Waals surface area (Å²) >= 11 is 0. The average Bonchev–Trinajstić information content (AvgIpc) is 2.85. The van der Waals surface area contributed by atoms with Gasteiger partial charge in [-0.1, -0.05) is 30.3 Å². The number of carbonyl (C=O) groups is 1. The molecule has 1 heterocycles. The van der Waals surface area contributed by atoms with E-state index in [0.717, 1.165) is 5.69 Å². The van der Waals surface area contributed by atoms with Crippen LogP contribution in [0, 0.1) is 0 Å². The molecule has 0 amide bonds. The van der Waals surface area contributed by atoms with Gasteiger partial charge in [0, 0.05) is 26.7 Å². The molecule has 1 atom stereocenters. The molecule has 0 radical (unpaired) electrons. The van der Waals surface area contributed by atoms with Crippen LogP contribution in [-0.2, 0) is 7.05 Å². The molecule has 110 valence electrons. The Morgan fingerprint density at radius 1 is 1.24 bits per heavy atom. The van der Waals surface area contributed by atoms with Crippen LogP contribution in [0.3, 0.4) is 0 Å². The number of Topliss-reactive ketones (excluding diaryl/α,β-unsaturated/α-hetero) is 1. The van der Waals surface area contributed by atoms with Gasteiger partial charge in [-0.2, -0.15) is 5.10 Å². The van der Waals surface area contributed by atoms with Gasteiger partial charge in [0.15, 0.2) is 11.9 Å². The summed E-state index contributed by atoms with van der Waals surface area (Å²) in [4.78, 5) is 12.3.